The molecule has 2 atom stereocenters. The number of rotatable bonds is 2. The quantitative estimate of drug-likeness (QED) is 0.304. The number of hydrogen-bond acceptors (Lipinski definition) is 0. The van der Waals surface area contributed by atoms with Crippen molar-refractivity contribution in [2.24, 2.45) is 0 Å². The Labute approximate surface area is 165 Å². The molecule has 2 heteroatoms. The molecular weight excluding hydrogens is 362 g/mol. The van der Waals surface area contributed by atoms with Crippen LogP contribution in [0.5, 0.6) is 0 Å². The highest BCUT2D eigenvalue weighted by Gasteiger charge is 1.98. The minimum absolute atomic E-state index is 0.988. The second-order valence-electron chi connectivity index (χ2n) is 6.55. The second-order valence-corrected chi connectivity index (χ2v) is 7.62. The Hall–Kier alpha value is -2.44. The summed E-state index contributed by atoms with van der Waals surface area (Å²) in [6.07, 6.45) is 0.988. The first kappa shape index (κ1) is 17.9. The van der Waals surface area contributed by atoms with Crippen molar-refractivity contribution < 1.29 is 0 Å². The van der Waals surface area contributed by atoms with Gasteiger partial charge >= 0.3 is 0 Å². The van der Waals surface area contributed by atoms with Crippen molar-refractivity contribution in [3.05, 3.63) is 102 Å². The van der Waals surface area contributed by atoms with E-state index in [0.717, 1.165) is 17.3 Å². The van der Waals surface area contributed by atoms with Crippen LogP contribution in [0.4, 0.5) is 0 Å². The fourth-order valence-electron chi connectivity index (χ4n) is 3.07. The van der Waals surface area contributed by atoms with Gasteiger partial charge in [-0.05, 0) is 69.3 Å². The van der Waals surface area contributed by atoms with Crippen LogP contribution in [0, 0.1) is 11.8 Å². The Kier molecular flexibility index (Phi) is 5.36. The summed E-state index contributed by atoms with van der Waals surface area (Å²) in [5.74, 6) is 6.56. The van der Waals surface area contributed by atoms with Crippen LogP contribution >= 0.6 is 18.5 Å². The average molecular weight is 382 g/mol. The molecule has 0 nitrogen and oxygen atoms in total. The van der Waals surface area contributed by atoms with Crippen LogP contribution in [0.3, 0.4) is 0 Å². The highest BCUT2D eigenvalue weighted by Crippen LogP contribution is 2.21. The van der Waals surface area contributed by atoms with Gasteiger partial charge in [0.25, 0.3) is 0 Å². The van der Waals surface area contributed by atoms with Crippen molar-refractivity contribution in [3.8, 4) is 23.0 Å². The summed E-state index contributed by atoms with van der Waals surface area (Å²) in [5.41, 5.74) is 5.85. The number of hydrogen-bond donors (Lipinski definition) is 0. The minimum Gasteiger partial charge on any atom is -0.133 e. The van der Waals surface area contributed by atoms with Gasteiger partial charge in [-0.15, -0.1) is 18.5 Å². The largest absolute Gasteiger partial charge is 0.133 e. The molecule has 0 spiro atoms. The molecular formula is C25H20P2. The number of fused-ring (bicyclic) bond motifs is 1. The van der Waals surface area contributed by atoms with E-state index in [1.807, 2.05) is 0 Å². The van der Waals surface area contributed by atoms with Crippen LogP contribution < -0.4 is 5.30 Å². The Morgan fingerprint density at radius 3 is 1.85 bits per heavy atom. The van der Waals surface area contributed by atoms with Crippen molar-refractivity contribution in [1.82, 2.24) is 0 Å². The summed E-state index contributed by atoms with van der Waals surface area (Å²) in [4.78, 5) is 0. The first-order chi connectivity index (χ1) is 13.2. The van der Waals surface area contributed by atoms with Crippen LogP contribution in [0.25, 0.3) is 21.9 Å². The van der Waals surface area contributed by atoms with Crippen molar-refractivity contribution >= 4 is 34.6 Å². The molecule has 0 heterocycles. The lowest BCUT2D eigenvalue weighted by Crippen LogP contribution is -1.88. The fourth-order valence-corrected chi connectivity index (χ4v) is 3.61. The zero-order valence-corrected chi connectivity index (χ0v) is 17.3. The van der Waals surface area contributed by atoms with Gasteiger partial charge in [-0.25, -0.2) is 0 Å². The Morgan fingerprint density at radius 2 is 1.15 bits per heavy atom. The molecule has 130 valence electrons. The molecule has 0 N–H and O–H groups in total. The maximum atomic E-state index is 3.28. The molecule has 0 bridgehead atoms. The highest BCUT2D eigenvalue weighted by atomic mass is 31.0. The average Bonchev–Trinajstić information content (AvgIpc) is 2.72. The molecule has 0 fully saturated rings. The van der Waals surface area contributed by atoms with Gasteiger partial charge in [-0.1, -0.05) is 66.4 Å². The molecule has 0 aliphatic heterocycles. The molecule has 0 aliphatic rings. The maximum absolute atomic E-state index is 3.28. The first-order valence-electron chi connectivity index (χ1n) is 8.92. The van der Waals surface area contributed by atoms with Crippen molar-refractivity contribution in [3.63, 3.8) is 0 Å². The smallest absolute Gasteiger partial charge is 0.0255 e. The van der Waals surface area contributed by atoms with Gasteiger partial charge in [0, 0.05) is 11.1 Å². The molecule has 2 unspecified atom stereocenters. The van der Waals surface area contributed by atoms with Crippen LogP contribution in [0.15, 0.2) is 84.9 Å². The van der Waals surface area contributed by atoms with E-state index >= 15 is 0 Å². The Morgan fingerprint density at radius 1 is 0.593 bits per heavy atom. The Balaban J connectivity index is 1.56. The lowest BCUT2D eigenvalue weighted by Gasteiger charge is -2.03. The van der Waals surface area contributed by atoms with Crippen molar-refractivity contribution in [1.29, 1.82) is 0 Å². The summed E-state index contributed by atoms with van der Waals surface area (Å²) >= 11 is 0. The van der Waals surface area contributed by atoms with Gasteiger partial charge in [0.05, 0.1) is 0 Å². The number of benzene rings is 4. The van der Waals surface area contributed by atoms with E-state index in [2.05, 4.69) is 115 Å². The minimum atomic E-state index is 0.988. The van der Waals surface area contributed by atoms with E-state index in [1.54, 1.807) is 0 Å². The van der Waals surface area contributed by atoms with E-state index < -0.39 is 0 Å². The molecule has 0 radical (unpaired) electrons. The molecule has 4 aromatic rings. The van der Waals surface area contributed by atoms with Crippen LogP contribution in [-0.2, 0) is 6.16 Å². The van der Waals surface area contributed by atoms with Crippen LogP contribution in [0.2, 0.25) is 0 Å². The van der Waals surface area contributed by atoms with E-state index in [9.17, 15) is 0 Å². The van der Waals surface area contributed by atoms with Gasteiger partial charge in [0.1, 0.15) is 0 Å². The van der Waals surface area contributed by atoms with E-state index in [0.29, 0.717) is 0 Å². The molecule has 4 aromatic carbocycles. The van der Waals surface area contributed by atoms with Crippen molar-refractivity contribution in [2.75, 3.05) is 0 Å². The normalized spacial score (nSPS) is 10.4. The van der Waals surface area contributed by atoms with E-state index in [1.165, 1.54) is 32.8 Å². The summed E-state index contributed by atoms with van der Waals surface area (Å²) in [6.45, 7) is 0. The molecule has 0 saturated carbocycles. The topological polar surface area (TPSA) is 0 Å². The SMILES string of the molecule is PCc1ccc(-c2ccc(C#Cc3ccc4cc(P)ccc4c3)cc2)cc1. The van der Waals surface area contributed by atoms with E-state index in [4.69, 9.17) is 0 Å². The van der Waals surface area contributed by atoms with Gasteiger partial charge in [-0.3, -0.25) is 0 Å². The third-order valence-corrected chi connectivity index (χ3v) is 5.45. The maximum Gasteiger partial charge on any atom is 0.0255 e. The summed E-state index contributed by atoms with van der Waals surface area (Å²) in [6, 6.07) is 29.9. The predicted molar refractivity (Wildman–Crippen MR) is 125 cm³/mol. The van der Waals surface area contributed by atoms with Gasteiger partial charge < -0.3 is 0 Å². The molecule has 4 rings (SSSR count). The lowest BCUT2D eigenvalue weighted by atomic mass is 10.0. The summed E-state index contributed by atoms with van der Waals surface area (Å²) in [7, 11) is 5.50. The molecule has 0 saturated heterocycles. The molecule has 27 heavy (non-hydrogen) atoms. The third-order valence-electron chi connectivity index (χ3n) is 4.62. The van der Waals surface area contributed by atoms with E-state index in [-0.39, 0.29) is 0 Å². The zero-order valence-electron chi connectivity index (χ0n) is 14.9. The fraction of sp³-hybridized carbons (Fsp3) is 0.0400. The standard InChI is InChI=1S/C25H20P2/c26-17-20-6-10-22(11-7-20)21-8-3-18(4-9-21)1-2-19-5-12-24-16-25(27)14-13-23(24)15-19/h3-16H,17,26-27H2. The second kappa shape index (κ2) is 8.06. The Bertz CT molecular complexity index is 1150. The molecule has 0 amide bonds. The van der Waals surface area contributed by atoms with Crippen LogP contribution in [-0.4, -0.2) is 0 Å². The zero-order chi connectivity index (χ0) is 18.6. The van der Waals surface area contributed by atoms with Gasteiger partial charge in [-0.2, -0.15) is 0 Å². The lowest BCUT2D eigenvalue weighted by molar-refractivity contribution is 1.42. The molecule has 0 aromatic heterocycles. The predicted octanol–water partition coefficient (Wildman–Crippen LogP) is 5.78. The van der Waals surface area contributed by atoms with Gasteiger partial charge in [0.2, 0.25) is 0 Å². The first-order valence-corrected chi connectivity index (χ1v) is 10.3. The highest BCUT2D eigenvalue weighted by molar-refractivity contribution is 7.27. The summed E-state index contributed by atoms with van der Waals surface area (Å²) in [5, 5.41) is 3.66. The monoisotopic (exact) mass is 382 g/mol. The van der Waals surface area contributed by atoms with Crippen LogP contribution in [0.1, 0.15) is 16.7 Å². The third kappa shape index (κ3) is 4.28. The molecule has 0 aliphatic carbocycles. The van der Waals surface area contributed by atoms with Gasteiger partial charge in [0.15, 0.2) is 0 Å². The van der Waals surface area contributed by atoms with Crippen molar-refractivity contribution in [2.45, 2.75) is 6.16 Å². The summed E-state index contributed by atoms with van der Waals surface area (Å²) < 4.78 is 0.